The van der Waals surface area contributed by atoms with E-state index in [1.807, 2.05) is 0 Å². The first kappa shape index (κ1) is 15.6. The lowest BCUT2D eigenvalue weighted by atomic mass is 10.2. The maximum atomic E-state index is 11.8. The molecule has 0 aliphatic heterocycles. The molecule has 0 atom stereocenters. The van der Waals surface area contributed by atoms with Gasteiger partial charge in [-0.25, -0.2) is 8.42 Å². The molecule has 5 nitrogen and oxygen atoms in total. The van der Waals surface area contributed by atoms with Gasteiger partial charge in [-0.1, -0.05) is 42.5 Å². The SMILES string of the molecule is CCOC(=O)CC(=S)NS(=O)(=O)Cc1ccccc1. The summed E-state index contributed by atoms with van der Waals surface area (Å²) in [4.78, 5) is 11.1. The van der Waals surface area contributed by atoms with Crippen molar-refractivity contribution in [3.8, 4) is 0 Å². The Morgan fingerprint density at radius 2 is 1.95 bits per heavy atom. The van der Waals surface area contributed by atoms with Gasteiger partial charge in [0.1, 0.15) is 4.99 Å². The van der Waals surface area contributed by atoms with Crippen molar-refractivity contribution in [2.45, 2.75) is 19.1 Å². The molecule has 0 aliphatic carbocycles. The minimum Gasteiger partial charge on any atom is -0.466 e. The number of thiocarbonyl (C=S) groups is 1. The molecule has 19 heavy (non-hydrogen) atoms. The molecule has 7 heteroatoms. The van der Waals surface area contributed by atoms with Crippen LogP contribution in [0.15, 0.2) is 30.3 Å². The van der Waals surface area contributed by atoms with Gasteiger partial charge in [0.05, 0.1) is 18.8 Å². The Hall–Kier alpha value is -1.47. The number of hydrogen-bond acceptors (Lipinski definition) is 5. The lowest BCUT2D eigenvalue weighted by Crippen LogP contribution is -2.32. The molecule has 1 aromatic rings. The van der Waals surface area contributed by atoms with Gasteiger partial charge in [-0.3, -0.25) is 9.52 Å². The van der Waals surface area contributed by atoms with E-state index in [0.717, 1.165) is 0 Å². The van der Waals surface area contributed by atoms with Gasteiger partial charge < -0.3 is 4.74 Å². The predicted molar refractivity (Wildman–Crippen MR) is 76.0 cm³/mol. The zero-order chi connectivity index (χ0) is 14.3. The maximum absolute atomic E-state index is 11.8. The lowest BCUT2D eigenvalue weighted by molar-refractivity contribution is -0.141. The summed E-state index contributed by atoms with van der Waals surface area (Å²) in [5, 5.41) is 0. The fourth-order valence-electron chi connectivity index (χ4n) is 1.38. The number of sulfonamides is 1. The highest BCUT2D eigenvalue weighted by atomic mass is 32.2. The van der Waals surface area contributed by atoms with Crippen LogP contribution >= 0.6 is 12.2 Å². The molecule has 0 bridgehead atoms. The van der Waals surface area contributed by atoms with Crippen LogP contribution in [0.1, 0.15) is 18.9 Å². The van der Waals surface area contributed by atoms with Crippen molar-refractivity contribution in [3.63, 3.8) is 0 Å². The summed E-state index contributed by atoms with van der Waals surface area (Å²) in [6.07, 6.45) is -0.239. The summed E-state index contributed by atoms with van der Waals surface area (Å²) in [7, 11) is -3.59. The first-order valence-corrected chi connectivity index (χ1v) is 7.72. The van der Waals surface area contributed by atoms with Crippen molar-refractivity contribution >= 4 is 33.2 Å². The van der Waals surface area contributed by atoms with Crippen LogP contribution in [-0.4, -0.2) is 26.0 Å². The van der Waals surface area contributed by atoms with Gasteiger partial charge in [-0.2, -0.15) is 0 Å². The highest BCUT2D eigenvalue weighted by Crippen LogP contribution is 2.04. The molecule has 0 saturated heterocycles. The van der Waals surface area contributed by atoms with Gasteiger partial charge in [-0.15, -0.1) is 0 Å². The molecule has 104 valence electrons. The molecule has 1 rings (SSSR count). The van der Waals surface area contributed by atoms with Crippen LogP contribution in [0.4, 0.5) is 0 Å². The second-order valence-electron chi connectivity index (χ2n) is 3.75. The van der Waals surface area contributed by atoms with Crippen LogP contribution in [0.5, 0.6) is 0 Å². The number of carbonyl (C=O) groups is 1. The second kappa shape index (κ2) is 7.20. The Labute approximate surface area is 118 Å². The molecule has 1 aromatic carbocycles. The summed E-state index contributed by atoms with van der Waals surface area (Å²) in [5.41, 5.74) is 0.647. The number of rotatable bonds is 6. The minimum absolute atomic E-state index is 0.0608. The lowest BCUT2D eigenvalue weighted by Gasteiger charge is -2.08. The van der Waals surface area contributed by atoms with E-state index < -0.39 is 16.0 Å². The minimum atomic E-state index is -3.59. The average Bonchev–Trinajstić information content (AvgIpc) is 2.28. The zero-order valence-electron chi connectivity index (χ0n) is 10.5. The molecule has 0 aromatic heterocycles. The highest BCUT2D eigenvalue weighted by Gasteiger charge is 2.15. The molecule has 0 amide bonds. The summed E-state index contributed by atoms with van der Waals surface area (Å²) in [6.45, 7) is 1.90. The summed E-state index contributed by atoms with van der Waals surface area (Å²) >= 11 is 4.82. The zero-order valence-corrected chi connectivity index (χ0v) is 12.1. The van der Waals surface area contributed by atoms with Gasteiger partial charge in [-0.05, 0) is 12.5 Å². The van der Waals surface area contributed by atoms with Crippen LogP contribution in [-0.2, 0) is 25.3 Å². The maximum Gasteiger partial charge on any atom is 0.312 e. The van der Waals surface area contributed by atoms with Gasteiger partial charge >= 0.3 is 5.97 Å². The van der Waals surface area contributed by atoms with E-state index in [1.54, 1.807) is 37.3 Å². The molecule has 0 radical (unpaired) electrons. The van der Waals surface area contributed by atoms with Gasteiger partial charge in [0, 0.05) is 0 Å². The third kappa shape index (κ3) is 6.30. The van der Waals surface area contributed by atoms with Gasteiger partial charge in [0.15, 0.2) is 0 Å². The fourth-order valence-corrected chi connectivity index (χ4v) is 3.00. The van der Waals surface area contributed by atoms with Crippen molar-refractivity contribution in [2.75, 3.05) is 6.61 Å². The largest absolute Gasteiger partial charge is 0.466 e. The normalized spacial score (nSPS) is 10.8. The average molecular weight is 301 g/mol. The van der Waals surface area contributed by atoms with E-state index >= 15 is 0 Å². The number of carbonyl (C=O) groups excluding carboxylic acids is 1. The smallest absolute Gasteiger partial charge is 0.312 e. The van der Waals surface area contributed by atoms with Crippen LogP contribution in [0.25, 0.3) is 0 Å². The molecule has 0 heterocycles. The van der Waals surface area contributed by atoms with Crippen LogP contribution in [0.3, 0.4) is 0 Å². The van der Waals surface area contributed by atoms with Gasteiger partial charge in [0.25, 0.3) is 0 Å². The fraction of sp³-hybridized carbons (Fsp3) is 0.333. The molecule has 0 aliphatic rings. The Bertz CT molecular complexity index is 540. The Morgan fingerprint density at radius 3 is 2.53 bits per heavy atom. The number of hydrogen-bond donors (Lipinski definition) is 1. The Balaban J connectivity index is 2.55. The first-order chi connectivity index (χ1) is 8.93. The van der Waals surface area contributed by atoms with E-state index in [-0.39, 0.29) is 23.8 Å². The van der Waals surface area contributed by atoms with Crippen LogP contribution in [0.2, 0.25) is 0 Å². The number of benzene rings is 1. The Morgan fingerprint density at radius 1 is 1.32 bits per heavy atom. The van der Waals surface area contributed by atoms with Crippen molar-refractivity contribution in [1.82, 2.24) is 4.72 Å². The predicted octanol–water partition coefficient (Wildman–Crippen LogP) is 1.39. The van der Waals surface area contributed by atoms with Crippen LogP contribution in [0, 0.1) is 0 Å². The van der Waals surface area contributed by atoms with Crippen molar-refractivity contribution in [1.29, 1.82) is 0 Å². The van der Waals surface area contributed by atoms with Crippen molar-refractivity contribution < 1.29 is 17.9 Å². The highest BCUT2D eigenvalue weighted by molar-refractivity contribution is 7.91. The van der Waals surface area contributed by atoms with Crippen molar-refractivity contribution in [3.05, 3.63) is 35.9 Å². The standard InChI is InChI=1S/C12H15NO4S2/c1-2-17-12(14)8-11(18)13-19(15,16)9-10-6-4-3-5-7-10/h3-7H,2,8-9H2,1H3,(H,13,18). The number of nitrogens with one attached hydrogen (secondary N) is 1. The second-order valence-corrected chi connectivity index (χ2v) is 5.97. The molecule has 0 unspecified atom stereocenters. The Kier molecular flexibility index (Phi) is 5.91. The first-order valence-electron chi connectivity index (χ1n) is 5.66. The number of esters is 1. The summed E-state index contributed by atoms with van der Waals surface area (Å²) in [5.74, 6) is -0.730. The van der Waals surface area contributed by atoms with E-state index in [0.29, 0.717) is 5.56 Å². The topological polar surface area (TPSA) is 72.5 Å². The molecular weight excluding hydrogens is 286 g/mol. The van der Waals surface area contributed by atoms with Gasteiger partial charge in [0.2, 0.25) is 10.0 Å². The monoisotopic (exact) mass is 301 g/mol. The van der Waals surface area contributed by atoms with E-state index in [9.17, 15) is 13.2 Å². The van der Waals surface area contributed by atoms with E-state index in [4.69, 9.17) is 12.2 Å². The quantitative estimate of drug-likeness (QED) is 0.635. The molecular formula is C12H15NO4S2. The van der Waals surface area contributed by atoms with Crippen LogP contribution < -0.4 is 4.72 Å². The third-order valence-electron chi connectivity index (χ3n) is 2.08. The van der Waals surface area contributed by atoms with E-state index in [2.05, 4.69) is 9.46 Å². The molecule has 0 saturated carbocycles. The third-order valence-corrected chi connectivity index (χ3v) is 3.73. The molecule has 0 fully saturated rings. The molecule has 1 N–H and O–H groups in total. The number of ether oxygens (including phenoxy) is 1. The van der Waals surface area contributed by atoms with E-state index in [1.165, 1.54) is 0 Å². The van der Waals surface area contributed by atoms with Crippen molar-refractivity contribution in [2.24, 2.45) is 0 Å². The summed E-state index contributed by atoms with van der Waals surface area (Å²) < 4.78 is 30.5. The molecule has 0 spiro atoms. The summed E-state index contributed by atoms with van der Waals surface area (Å²) in [6, 6.07) is 8.71.